The number of aryl methyl sites for hydroxylation is 1. The third-order valence-corrected chi connectivity index (χ3v) is 4.90. The molecule has 0 saturated heterocycles. The topological polar surface area (TPSA) is 12.0 Å². The highest BCUT2D eigenvalue weighted by Crippen LogP contribution is 2.25. The summed E-state index contributed by atoms with van der Waals surface area (Å²) in [7, 11) is 0. The SMILES string of the molecule is Cc1cc(CNCCC2CCCCC2)ccc1Br. The third kappa shape index (κ3) is 4.40. The molecule has 0 unspecified atom stereocenters. The summed E-state index contributed by atoms with van der Waals surface area (Å²) in [6, 6.07) is 6.61. The summed E-state index contributed by atoms with van der Waals surface area (Å²) in [6.45, 7) is 4.32. The fourth-order valence-electron chi connectivity index (χ4n) is 2.83. The van der Waals surface area contributed by atoms with Crippen LogP contribution in [0, 0.1) is 12.8 Å². The van der Waals surface area contributed by atoms with Crippen LogP contribution in [0.5, 0.6) is 0 Å². The second-order valence-corrected chi connectivity index (χ2v) is 6.41. The van der Waals surface area contributed by atoms with E-state index >= 15 is 0 Å². The van der Waals surface area contributed by atoms with Gasteiger partial charge in [0.15, 0.2) is 0 Å². The molecule has 2 heteroatoms. The molecular formula is C16H24BrN. The zero-order valence-corrected chi connectivity index (χ0v) is 12.9. The van der Waals surface area contributed by atoms with Gasteiger partial charge in [-0.15, -0.1) is 0 Å². The average Bonchev–Trinajstić information content (AvgIpc) is 2.40. The molecule has 0 spiro atoms. The van der Waals surface area contributed by atoms with Gasteiger partial charge in [0, 0.05) is 11.0 Å². The zero-order valence-electron chi connectivity index (χ0n) is 11.3. The molecule has 2 rings (SSSR count). The predicted octanol–water partition coefficient (Wildman–Crippen LogP) is 4.82. The van der Waals surface area contributed by atoms with Gasteiger partial charge < -0.3 is 5.32 Å². The lowest BCUT2D eigenvalue weighted by Gasteiger charge is -2.21. The van der Waals surface area contributed by atoms with E-state index in [4.69, 9.17) is 0 Å². The Kier molecular flexibility index (Phi) is 5.71. The van der Waals surface area contributed by atoms with Gasteiger partial charge in [-0.05, 0) is 43.0 Å². The minimum atomic E-state index is 0.984. The summed E-state index contributed by atoms with van der Waals surface area (Å²) in [5, 5.41) is 3.58. The molecule has 0 aliphatic heterocycles. The second kappa shape index (κ2) is 7.30. The number of rotatable bonds is 5. The van der Waals surface area contributed by atoms with E-state index in [1.54, 1.807) is 0 Å². The summed E-state index contributed by atoms with van der Waals surface area (Å²) in [5.41, 5.74) is 2.71. The van der Waals surface area contributed by atoms with Crippen molar-refractivity contribution in [2.45, 2.75) is 52.0 Å². The van der Waals surface area contributed by atoms with E-state index < -0.39 is 0 Å². The van der Waals surface area contributed by atoms with Gasteiger partial charge in [0.1, 0.15) is 0 Å². The first kappa shape index (κ1) is 14.1. The van der Waals surface area contributed by atoms with Gasteiger partial charge in [-0.25, -0.2) is 0 Å². The standard InChI is InChI=1S/C16H24BrN/c1-13-11-15(7-8-16(13)17)12-18-10-9-14-5-3-2-4-6-14/h7-8,11,14,18H,2-6,9-10,12H2,1H3. The molecule has 0 atom stereocenters. The maximum atomic E-state index is 3.58. The Morgan fingerprint density at radius 1 is 1.22 bits per heavy atom. The smallest absolute Gasteiger partial charge is 0.0205 e. The van der Waals surface area contributed by atoms with E-state index in [1.807, 2.05) is 0 Å². The molecule has 1 nitrogen and oxygen atoms in total. The van der Waals surface area contributed by atoms with Crippen LogP contribution in [0.2, 0.25) is 0 Å². The molecule has 1 aromatic carbocycles. The molecule has 0 aromatic heterocycles. The van der Waals surface area contributed by atoms with Crippen LogP contribution in [-0.4, -0.2) is 6.54 Å². The van der Waals surface area contributed by atoms with Crippen LogP contribution in [0.3, 0.4) is 0 Å². The minimum absolute atomic E-state index is 0.984. The van der Waals surface area contributed by atoms with Gasteiger partial charge in [-0.3, -0.25) is 0 Å². The van der Waals surface area contributed by atoms with E-state index in [0.717, 1.165) is 12.5 Å². The average molecular weight is 310 g/mol. The molecule has 1 N–H and O–H groups in total. The van der Waals surface area contributed by atoms with Crippen molar-refractivity contribution in [1.82, 2.24) is 5.32 Å². The normalized spacial score (nSPS) is 17.0. The Morgan fingerprint density at radius 2 is 2.00 bits per heavy atom. The van der Waals surface area contributed by atoms with Crippen molar-refractivity contribution in [3.63, 3.8) is 0 Å². The number of hydrogen-bond donors (Lipinski definition) is 1. The van der Waals surface area contributed by atoms with Crippen molar-refractivity contribution in [3.8, 4) is 0 Å². The molecule has 0 heterocycles. The molecule has 0 amide bonds. The third-order valence-electron chi connectivity index (χ3n) is 4.01. The van der Waals surface area contributed by atoms with Gasteiger partial charge in [-0.1, -0.05) is 60.2 Å². The van der Waals surface area contributed by atoms with Crippen LogP contribution in [0.15, 0.2) is 22.7 Å². The molecular weight excluding hydrogens is 286 g/mol. The van der Waals surface area contributed by atoms with Crippen molar-refractivity contribution in [2.75, 3.05) is 6.54 Å². The Bertz CT molecular complexity index is 369. The van der Waals surface area contributed by atoms with Crippen molar-refractivity contribution in [1.29, 1.82) is 0 Å². The number of benzene rings is 1. The van der Waals surface area contributed by atoms with Gasteiger partial charge in [0.05, 0.1) is 0 Å². The lowest BCUT2D eigenvalue weighted by molar-refractivity contribution is 0.334. The Morgan fingerprint density at radius 3 is 2.72 bits per heavy atom. The van der Waals surface area contributed by atoms with Crippen LogP contribution < -0.4 is 5.32 Å². The van der Waals surface area contributed by atoms with Gasteiger partial charge >= 0.3 is 0 Å². The maximum absolute atomic E-state index is 3.58. The number of hydrogen-bond acceptors (Lipinski definition) is 1. The molecule has 1 aliphatic rings. The zero-order chi connectivity index (χ0) is 12.8. The highest BCUT2D eigenvalue weighted by Gasteiger charge is 2.12. The first-order valence-electron chi connectivity index (χ1n) is 7.21. The highest BCUT2D eigenvalue weighted by molar-refractivity contribution is 9.10. The second-order valence-electron chi connectivity index (χ2n) is 5.55. The number of nitrogens with one attached hydrogen (secondary N) is 1. The van der Waals surface area contributed by atoms with E-state index in [1.165, 1.54) is 60.7 Å². The fraction of sp³-hybridized carbons (Fsp3) is 0.625. The van der Waals surface area contributed by atoms with Crippen LogP contribution in [-0.2, 0) is 6.54 Å². The lowest BCUT2D eigenvalue weighted by atomic mass is 9.87. The largest absolute Gasteiger partial charge is 0.313 e. The Hall–Kier alpha value is -0.340. The maximum Gasteiger partial charge on any atom is 0.0205 e. The highest BCUT2D eigenvalue weighted by atomic mass is 79.9. The molecule has 1 aliphatic carbocycles. The van der Waals surface area contributed by atoms with Crippen molar-refractivity contribution < 1.29 is 0 Å². The van der Waals surface area contributed by atoms with Crippen LogP contribution in [0.25, 0.3) is 0 Å². The van der Waals surface area contributed by atoms with E-state index in [0.29, 0.717) is 0 Å². The molecule has 1 aromatic rings. The van der Waals surface area contributed by atoms with Gasteiger partial charge in [0.2, 0.25) is 0 Å². The van der Waals surface area contributed by atoms with Crippen molar-refractivity contribution in [3.05, 3.63) is 33.8 Å². The van der Waals surface area contributed by atoms with Gasteiger partial charge in [0.25, 0.3) is 0 Å². The summed E-state index contributed by atoms with van der Waals surface area (Å²) in [6.07, 6.45) is 8.64. The van der Waals surface area contributed by atoms with Crippen LogP contribution in [0.1, 0.15) is 49.7 Å². The molecule has 18 heavy (non-hydrogen) atoms. The van der Waals surface area contributed by atoms with Crippen molar-refractivity contribution >= 4 is 15.9 Å². The van der Waals surface area contributed by atoms with Crippen molar-refractivity contribution in [2.24, 2.45) is 5.92 Å². The van der Waals surface area contributed by atoms with E-state index in [2.05, 4.69) is 46.4 Å². The molecule has 1 saturated carbocycles. The quantitative estimate of drug-likeness (QED) is 0.769. The fourth-order valence-corrected chi connectivity index (χ4v) is 3.08. The summed E-state index contributed by atoms with van der Waals surface area (Å²) in [5.74, 6) is 0.984. The Balaban J connectivity index is 1.66. The van der Waals surface area contributed by atoms with Crippen LogP contribution >= 0.6 is 15.9 Å². The first-order chi connectivity index (χ1) is 8.75. The Labute approximate surface area is 119 Å². The predicted molar refractivity (Wildman–Crippen MR) is 81.8 cm³/mol. The monoisotopic (exact) mass is 309 g/mol. The van der Waals surface area contributed by atoms with Crippen LogP contribution in [0.4, 0.5) is 0 Å². The van der Waals surface area contributed by atoms with E-state index in [9.17, 15) is 0 Å². The minimum Gasteiger partial charge on any atom is -0.313 e. The first-order valence-corrected chi connectivity index (χ1v) is 8.01. The number of halogens is 1. The summed E-state index contributed by atoms with van der Waals surface area (Å²) >= 11 is 3.54. The summed E-state index contributed by atoms with van der Waals surface area (Å²) in [4.78, 5) is 0. The molecule has 0 radical (unpaired) electrons. The van der Waals surface area contributed by atoms with E-state index in [-0.39, 0.29) is 0 Å². The molecule has 100 valence electrons. The summed E-state index contributed by atoms with van der Waals surface area (Å²) < 4.78 is 1.20. The molecule has 1 fully saturated rings. The van der Waals surface area contributed by atoms with Gasteiger partial charge in [-0.2, -0.15) is 0 Å². The lowest BCUT2D eigenvalue weighted by Crippen LogP contribution is -2.19. The molecule has 0 bridgehead atoms.